The second kappa shape index (κ2) is 8.39. The number of aryl methyl sites for hydroxylation is 1. The molecule has 13 heteroatoms. The lowest BCUT2D eigenvalue weighted by molar-refractivity contribution is -0.141. The van der Waals surface area contributed by atoms with Crippen LogP contribution < -0.4 is 10.1 Å². The van der Waals surface area contributed by atoms with Crippen LogP contribution in [0.15, 0.2) is 35.3 Å². The summed E-state index contributed by atoms with van der Waals surface area (Å²) in [5, 5.41) is 2.86. The number of hydrogen-bond acceptors (Lipinski definition) is 8. The molecule has 0 unspecified atom stereocenters. The molecule has 1 amide bonds. The van der Waals surface area contributed by atoms with Gasteiger partial charge in [0.25, 0.3) is 5.91 Å². The predicted molar refractivity (Wildman–Crippen MR) is 115 cm³/mol. The highest BCUT2D eigenvalue weighted by atomic mass is 79.9. The first-order valence-electron chi connectivity index (χ1n) is 8.84. The van der Waals surface area contributed by atoms with Crippen LogP contribution in [-0.2, 0) is 6.18 Å². The van der Waals surface area contributed by atoms with Gasteiger partial charge in [0, 0.05) is 23.0 Å². The van der Waals surface area contributed by atoms with Crippen molar-refractivity contribution in [3.05, 3.63) is 52.3 Å². The van der Waals surface area contributed by atoms with E-state index in [2.05, 4.69) is 46.2 Å². The third kappa shape index (κ3) is 4.39. The molecule has 0 aliphatic rings. The van der Waals surface area contributed by atoms with E-state index in [9.17, 15) is 18.0 Å². The van der Waals surface area contributed by atoms with Gasteiger partial charge in [0.2, 0.25) is 0 Å². The first kappa shape index (κ1) is 22.0. The first-order valence-corrected chi connectivity index (χ1v) is 10.5. The van der Waals surface area contributed by atoms with Crippen LogP contribution >= 0.6 is 27.3 Å². The Hall–Kier alpha value is -3.19. The van der Waals surface area contributed by atoms with Gasteiger partial charge in [-0.1, -0.05) is 11.3 Å². The number of carbonyl (C=O) groups is 1. The van der Waals surface area contributed by atoms with E-state index in [4.69, 9.17) is 4.74 Å². The summed E-state index contributed by atoms with van der Waals surface area (Å²) in [7, 11) is 1.31. The van der Waals surface area contributed by atoms with Gasteiger partial charge in [-0.3, -0.25) is 15.1 Å². The fourth-order valence-corrected chi connectivity index (χ4v) is 4.04. The van der Waals surface area contributed by atoms with Crippen LogP contribution in [0.25, 0.3) is 21.6 Å². The highest BCUT2D eigenvalue weighted by molar-refractivity contribution is 9.10. The number of nitrogens with zero attached hydrogens (tertiary/aromatic N) is 5. The van der Waals surface area contributed by atoms with E-state index < -0.39 is 17.8 Å². The van der Waals surface area contributed by atoms with Crippen molar-refractivity contribution in [2.24, 2.45) is 0 Å². The average molecular weight is 525 g/mol. The average Bonchev–Trinajstić information content (AvgIpc) is 3.13. The van der Waals surface area contributed by atoms with Crippen molar-refractivity contribution < 1.29 is 22.7 Å². The molecule has 0 aliphatic carbocycles. The normalized spacial score (nSPS) is 11.6. The minimum atomic E-state index is -4.67. The molecular weight excluding hydrogens is 513 g/mol. The van der Waals surface area contributed by atoms with Crippen LogP contribution in [-0.4, -0.2) is 37.9 Å². The second-order valence-corrected chi connectivity index (χ2v) is 8.22. The van der Waals surface area contributed by atoms with Crippen molar-refractivity contribution >= 4 is 48.8 Å². The number of pyridine rings is 2. The Kier molecular flexibility index (Phi) is 5.77. The zero-order valence-electron chi connectivity index (χ0n) is 16.4. The molecule has 4 rings (SSSR count). The topological polar surface area (TPSA) is 103 Å². The zero-order chi connectivity index (χ0) is 23.0. The standard InChI is InChI=1S/C19H12BrF3N6O2S/c1-8-3-9(10-4-13(19(21,22)23)25-6-12(10)31-2)11(5-24-8)16(30)29-18-28-15-17(32-18)27-14(20)7-26-15/h3-7H,1-2H3,(H,26,28,29,30). The summed E-state index contributed by atoms with van der Waals surface area (Å²) < 4.78 is 45.5. The number of anilines is 1. The lowest BCUT2D eigenvalue weighted by Crippen LogP contribution is -2.14. The van der Waals surface area contributed by atoms with E-state index in [1.165, 1.54) is 25.6 Å². The van der Waals surface area contributed by atoms with Gasteiger partial charge >= 0.3 is 6.18 Å². The third-order valence-electron chi connectivity index (χ3n) is 4.27. The van der Waals surface area contributed by atoms with Crippen LogP contribution in [0.2, 0.25) is 0 Å². The maximum Gasteiger partial charge on any atom is 0.433 e. The Balaban J connectivity index is 1.77. The fraction of sp³-hybridized carbons (Fsp3) is 0.158. The minimum Gasteiger partial charge on any atom is -0.494 e. The van der Waals surface area contributed by atoms with Crippen LogP contribution in [0, 0.1) is 6.92 Å². The Labute approximate surface area is 191 Å². The van der Waals surface area contributed by atoms with Gasteiger partial charge in [0.1, 0.15) is 16.0 Å². The summed E-state index contributed by atoms with van der Waals surface area (Å²) >= 11 is 4.32. The second-order valence-electron chi connectivity index (χ2n) is 6.43. The zero-order valence-corrected chi connectivity index (χ0v) is 18.8. The molecule has 164 valence electrons. The Bertz CT molecular complexity index is 1340. The van der Waals surface area contributed by atoms with Gasteiger partial charge < -0.3 is 4.74 Å². The molecule has 4 heterocycles. The minimum absolute atomic E-state index is 0.0366. The molecule has 0 fully saturated rings. The smallest absolute Gasteiger partial charge is 0.433 e. The number of thiazole rings is 1. The van der Waals surface area contributed by atoms with E-state index in [-0.39, 0.29) is 27.6 Å². The van der Waals surface area contributed by atoms with Gasteiger partial charge in [0.15, 0.2) is 15.6 Å². The molecule has 0 bridgehead atoms. The van der Waals surface area contributed by atoms with Crippen molar-refractivity contribution in [1.29, 1.82) is 0 Å². The SMILES string of the molecule is COc1cnc(C(F)(F)F)cc1-c1cc(C)ncc1C(=O)Nc1nc2ncc(Br)nc2s1. The summed E-state index contributed by atoms with van der Waals surface area (Å²) in [6, 6.07) is 2.35. The number of nitrogens with one attached hydrogen (secondary N) is 1. The number of halogens is 4. The molecule has 0 spiro atoms. The molecule has 4 aromatic rings. The number of carbonyl (C=O) groups excluding carboxylic acids is 1. The Morgan fingerprint density at radius 2 is 1.88 bits per heavy atom. The van der Waals surface area contributed by atoms with E-state index in [1.807, 2.05) is 0 Å². The summed E-state index contributed by atoms with van der Waals surface area (Å²) in [5.74, 6) is -0.533. The largest absolute Gasteiger partial charge is 0.494 e. The van der Waals surface area contributed by atoms with Gasteiger partial charge in [-0.05, 0) is 35.0 Å². The summed E-state index contributed by atoms with van der Waals surface area (Å²) in [6.45, 7) is 1.66. The van der Waals surface area contributed by atoms with E-state index in [0.717, 1.165) is 23.6 Å². The van der Waals surface area contributed by atoms with E-state index in [0.29, 0.717) is 20.8 Å². The van der Waals surface area contributed by atoms with Crippen LogP contribution in [0.4, 0.5) is 18.3 Å². The molecule has 8 nitrogen and oxygen atoms in total. The van der Waals surface area contributed by atoms with Crippen molar-refractivity contribution in [3.8, 4) is 16.9 Å². The van der Waals surface area contributed by atoms with Crippen molar-refractivity contribution in [2.45, 2.75) is 13.1 Å². The molecule has 0 aromatic carbocycles. The summed E-state index contributed by atoms with van der Waals surface area (Å²) in [6.07, 6.45) is -0.934. The maximum absolute atomic E-state index is 13.3. The fourth-order valence-electron chi connectivity index (χ4n) is 2.85. The van der Waals surface area contributed by atoms with Crippen molar-refractivity contribution in [1.82, 2.24) is 24.9 Å². The third-order valence-corrected chi connectivity index (χ3v) is 5.50. The number of alkyl halides is 3. The maximum atomic E-state index is 13.3. The highest BCUT2D eigenvalue weighted by Gasteiger charge is 2.34. The Morgan fingerprint density at radius 1 is 1.09 bits per heavy atom. The molecule has 1 N–H and O–H groups in total. The molecule has 0 aliphatic heterocycles. The number of aromatic nitrogens is 5. The molecule has 0 atom stereocenters. The van der Waals surface area contributed by atoms with Crippen LogP contribution in [0.3, 0.4) is 0 Å². The summed E-state index contributed by atoms with van der Waals surface area (Å²) in [4.78, 5) is 33.6. The van der Waals surface area contributed by atoms with Gasteiger partial charge in [0.05, 0.1) is 25.1 Å². The lowest BCUT2D eigenvalue weighted by atomic mass is 9.99. The van der Waals surface area contributed by atoms with Gasteiger partial charge in [-0.25, -0.2) is 15.0 Å². The number of amides is 1. The monoisotopic (exact) mass is 524 g/mol. The van der Waals surface area contributed by atoms with E-state index in [1.54, 1.807) is 6.92 Å². The van der Waals surface area contributed by atoms with E-state index >= 15 is 0 Å². The summed E-state index contributed by atoms with van der Waals surface area (Å²) in [5.41, 5.74) is 0.0445. The molecule has 32 heavy (non-hydrogen) atoms. The number of fused-ring (bicyclic) bond motifs is 1. The first-order chi connectivity index (χ1) is 15.2. The number of methoxy groups -OCH3 is 1. The number of rotatable bonds is 4. The van der Waals surface area contributed by atoms with Crippen LogP contribution in [0.5, 0.6) is 5.75 Å². The number of ether oxygens (including phenoxy) is 1. The molecular formula is C19H12BrF3N6O2S. The quantitative estimate of drug-likeness (QED) is 0.405. The number of hydrogen-bond donors (Lipinski definition) is 1. The van der Waals surface area contributed by atoms with Gasteiger partial charge in [-0.15, -0.1) is 0 Å². The van der Waals surface area contributed by atoms with Crippen LogP contribution in [0.1, 0.15) is 21.7 Å². The highest BCUT2D eigenvalue weighted by Crippen LogP contribution is 2.37. The molecule has 0 radical (unpaired) electrons. The molecule has 0 saturated carbocycles. The van der Waals surface area contributed by atoms with Crippen molar-refractivity contribution in [2.75, 3.05) is 12.4 Å². The molecule has 0 saturated heterocycles. The van der Waals surface area contributed by atoms with Crippen molar-refractivity contribution in [3.63, 3.8) is 0 Å². The predicted octanol–water partition coefficient (Wildman–Crippen LogP) is 4.89. The lowest BCUT2D eigenvalue weighted by Gasteiger charge is -2.15. The Morgan fingerprint density at radius 3 is 2.59 bits per heavy atom. The molecule has 4 aromatic heterocycles. The van der Waals surface area contributed by atoms with Gasteiger partial charge in [-0.2, -0.15) is 18.2 Å².